The van der Waals surface area contributed by atoms with Crippen LogP contribution >= 0.6 is 0 Å². The molecule has 1 unspecified atom stereocenters. The summed E-state index contributed by atoms with van der Waals surface area (Å²) in [5.41, 5.74) is 2.17. The van der Waals surface area contributed by atoms with Crippen LogP contribution in [0.5, 0.6) is 11.5 Å². The van der Waals surface area contributed by atoms with Gasteiger partial charge in [-0.05, 0) is 50.0 Å². The monoisotopic (exact) mass is 453 g/mol. The maximum Gasteiger partial charge on any atom is 0.295 e. The lowest BCUT2D eigenvalue weighted by Gasteiger charge is -2.27. The standard InChI is InChI=1S/C25H31N3O5/c1-26(2)13-14-28-22(16-7-10-18(11-8-16)27(3)4)21(24(30)25(28)31)23(29)17-9-12-19(32-5)20(15-17)33-6/h7-12,15,22,29H,13-14H2,1-6H3/b23-21-. The molecule has 2 aromatic carbocycles. The first-order valence-electron chi connectivity index (χ1n) is 10.6. The smallest absolute Gasteiger partial charge is 0.295 e. The summed E-state index contributed by atoms with van der Waals surface area (Å²) in [7, 11) is 10.7. The van der Waals surface area contributed by atoms with Gasteiger partial charge >= 0.3 is 0 Å². The summed E-state index contributed by atoms with van der Waals surface area (Å²) in [4.78, 5) is 31.6. The Balaban J connectivity index is 2.15. The minimum atomic E-state index is -0.706. The SMILES string of the molecule is COc1ccc(/C(O)=C2/C(=O)C(=O)N(CCN(C)C)C2c2ccc(N(C)C)cc2)cc1OC. The molecule has 1 amide bonds. The van der Waals surface area contributed by atoms with Gasteiger partial charge in [-0.15, -0.1) is 0 Å². The Morgan fingerprint density at radius 2 is 1.61 bits per heavy atom. The van der Waals surface area contributed by atoms with Gasteiger partial charge in [0.15, 0.2) is 11.5 Å². The van der Waals surface area contributed by atoms with E-state index in [-0.39, 0.29) is 11.3 Å². The molecule has 0 saturated carbocycles. The Morgan fingerprint density at radius 3 is 2.15 bits per heavy atom. The molecular weight excluding hydrogens is 422 g/mol. The number of likely N-dealkylation sites (tertiary alicyclic amines) is 1. The number of carbonyl (C=O) groups excluding carboxylic acids is 2. The molecule has 1 fully saturated rings. The topological polar surface area (TPSA) is 82.5 Å². The summed E-state index contributed by atoms with van der Waals surface area (Å²) < 4.78 is 10.6. The molecule has 1 aliphatic heterocycles. The van der Waals surface area contributed by atoms with Crippen LogP contribution < -0.4 is 14.4 Å². The van der Waals surface area contributed by atoms with Crippen LogP contribution in [0, 0.1) is 0 Å². The number of ketones is 1. The number of methoxy groups -OCH3 is 2. The summed E-state index contributed by atoms with van der Waals surface area (Å²) in [6.45, 7) is 0.927. The molecule has 1 aliphatic rings. The quantitative estimate of drug-likeness (QED) is 0.374. The zero-order valence-corrected chi connectivity index (χ0v) is 20.0. The number of hydrogen-bond donors (Lipinski definition) is 1. The third kappa shape index (κ3) is 4.80. The fourth-order valence-electron chi connectivity index (χ4n) is 3.86. The summed E-state index contributed by atoms with van der Waals surface area (Å²) in [6, 6.07) is 11.8. The Kier molecular flexibility index (Phi) is 7.28. The normalized spacial score (nSPS) is 17.5. The van der Waals surface area contributed by atoms with Gasteiger partial charge in [0.25, 0.3) is 11.7 Å². The third-order valence-electron chi connectivity index (χ3n) is 5.71. The second-order valence-electron chi connectivity index (χ2n) is 8.35. The number of carbonyl (C=O) groups is 2. The van der Waals surface area contributed by atoms with Gasteiger partial charge in [-0.3, -0.25) is 9.59 Å². The number of nitrogens with zero attached hydrogens (tertiary/aromatic N) is 3. The van der Waals surface area contributed by atoms with Gasteiger partial charge in [0.1, 0.15) is 5.76 Å². The van der Waals surface area contributed by atoms with Crippen molar-refractivity contribution in [2.24, 2.45) is 0 Å². The molecule has 0 bridgehead atoms. The molecule has 3 rings (SSSR count). The highest BCUT2D eigenvalue weighted by Gasteiger charge is 2.45. The number of likely N-dealkylation sites (N-methyl/N-ethyl adjacent to an activating group) is 1. The zero-order valence-electron chi connectivity index (χ0n) is 20.0. The molecule has 1 atom stereocenters. The molecule has 1 saturated heterocycles. The molecule has 1 heterocycles. The van der Waals surface area contributed by atoms with Crippen LogP contribution in [-0.2, 0) is 9.59 Å². The Bertz CT molecular complexity index is 1060. The van der Waals surface area contributed by atoms with Gasteiger partial charge in [-0.25, -0.2) is 0 Å². The predicted molar refractivity (Wildman–Crippen MR) is 128 cm³/mol. The molecule has 8 heteroatoms. The second-order valence-corrected chi connectivity index (χ2v) is 8.35. The highest BCUT2D eigenvalue weighted by atomic mass is 16.5. The van der Waals surface area contributed by atoms with E-state index in [0.717, 1.165) is 11.3 Å². The highest BCUT2D eigenvalue weighted by molar-refractivity contribution is 6.46. The van der Waals surface area contributed by atoms with Gasteiger partial charge in [-0.2, -0.15) is 0 Å². The van der Waals surface area contributed by atoms with E-state index >= 15 is 0 Å². The van der Waals surface area contributed by atoms with Crippen molar-refractivity contribution in [1.29, 1.82) is 0 Å². The first kappa shape index (κ1) is 24.1. The van der Waals surface area contributed by atoms with E-state index in [1.54, 1.807) is 18.2 Å². The van der Waals surface area contributed by atoms with Crippen LogP contribution in [0.25, 0.3) is 5.76 Å². The first-order chi connectivity index (χ1) is 15.7. The van der Waals surface area contributed by atoms with E-state index in [1.807, 2.05) is 62.3 Å². The van der Waals surface area contributed by atoms with Crippen LogP contribution in [0.3, 0.4) is 0 Å². The Morgan fingerprint density at radius 1 is 0.970 bits per heavy atom. The van der Waals surface area contributed by atoms with Gasteiger partial charge in [-0.1, -0.05) is 12.1 Å². The van der Waals surface area contributed by atoms with Crippen molar-refractivity contribution < 1.29 is 24.2 Å². The van der Waals surface area contributed by atoms with Crippen molar-refractivity contribution in [2.75, 3.05) is 60.4 Å². The molecular formula is C25H31N3O5. The third-order valence-corrected chi connectivity index (χ3v) is 5.71. The maximum atomic E-state index is 13.1. The Hall–Kier alpha value is -3.52. The molecule has 0 aliphatic carbocycles. The first-order valence-corrected chi connectivity index (χ1v) is 10.6. The number of hydrogen-bond acceptors (Lipinski definition) is 7. The summed E-state index contributed by atoms with van der Waals surface area (Å²) in [5, 5.41) is 11.2. The second kappa shape index (κ2) is 9.95. The molecule has 0 radical (unpaired) electrons. The van der Waals surface area contributed by atoms with Crippen molar-refractivity contribution >= 4 is 23.1 Å². The molecule has 0 spiro atoms. The van der Waals surface area contributed by atoms with E-state index < -0.39 is 17.7 Å². The van der Waals surface area contributed by atoms with Crippen molar-refractivity contribution in [3.8, 4) is 11.5 Å². The lowest BCUT2D eigenvalue weighted by atomic mass is 9.95. The lowest BCUT2D eigenvalue weighted by Crippen LogP contribution is -2.35. The number of amides is 1. The average molecular weight is 454 g/mol. The molecule has 8 nitrogen and oxygen atoms in total. The minimum absolute atomic E-state index is 0.0589. The van der Waals surface area contributed by atoms with Crippen LogP contribution in [0.1, 0.15) is 17.2 Å². The predicted octanol–water partition coefficient (Wildman–Crippen LogP) is 2.75. The summed E-state index contributed by atoms with van der Waals surface area (Å²) in [6.07, 6.45) is 0. The zero-order chi connectivity index (χ0) is 24.3. The van der Waals surface area contributed by atoms with E-state index in [2.05, 4.69) is 0 Å². The number of rotatable bonds is 8. The number of Topliss-reactive ketones (excluding diaryl/α,β-unsaturated/α-hetero) is 1. The van der Waals surface area contributed by atoms with Crippen LogP contribution in [0.2, 0.25) is 0 Å². The van der Waals surface area contributed by atoms with E-state index in [9.17, 15) is 14.7 Å². The fraction of sp³-hybridized carbons (Fsp3) is 0.360. The fourth-order valence-corrected chi connectivity index (χ4v) is 3.86. The minimum Gasteiger partial charge on any atom is -0.507 e. The number of benzene rings is 2. The Labute approximate surface area is 194 Å². The van der Waals surface area contributed by atoms with Gasteiger partial charge in [0.05, 0.1) is 25.8 Å². The largest absolute Gasteiger partial charge is 0.507 e. The molecule has 0 aromatic heterocycles. The van der Waals surface area contributed by atoms with E-state index in [0.29, 0.717) is 30.2 Å². The number of aliphatic hydroxyl groups is 1. The van der Waals surface area contributed by atoms with Crippen LogP contribution in [0.15, 0.2) is 48.0 Å². The highest BCUT2D eigenvalue weighted by Crippen LogP contribution is 2.40. The van der Waals surface area contributed by atoms with Crippen molar-refractivity contribution in [1.82, 2.24) is 9.80 Å². The number of anilines is 1. The van der Waals surface area contributed by atoms with Gasteiger partial charge in [0, 0.05) is 38.4 Å². The molecule has 33 heavy (non-hydrogen) atoms. The molecule has 176 valence electrons. The maximum absolute atomic E-state index is 13.1. The summed E-state index contributed by atoms with van der Waals surface area (Å²) >= 11 is 0. The molecule has 2 aromatic rings. The number of ether oxygens (including phenoxy) is 2. The summed E-state index contributed by atoms with van der Waals surface area (Å²) in [5.74, 6) is -0.668. The molecule has 1 N–H and O–H groups in total. The van der Waals surface area contributed by atoms with Crippen molar-refractivity contribution in [3.63, 3.8) is 0 Å². The van der Waals surface area contributed by atoms with Gasteiger partial charge in [0.2, 0.25) is 0 Å². The van der Waals surface area contributed by atoms with Crippen molar-refractivity contribution in [3.05, 3.63) is 59.2 Å². The van der Waals surface area contributed by atoms with Crippen LogP contribution in [-0.4, -0.2) is 82.1 Å². The van der Waals surface area contributed by atoms with Gasteiger partial charge < -0.3 is 29.3 Å². The van der Waals surface area contributed by atoms with Crippen LogP contribution in [0.4, 0.5) is 5.69 Å². The number of aliphatic hydroxyl groups excluding tert-OH is 1. The average Bonchev–Trinajstić information content (AvgIpc) is 3.06. The van der Waals surface area contributed by atoms with E-state index in [1.165, 1.54) is 19.1 Å². The van der Waals surface area contributed by atoms with Crippen molar-refractivity contribution in [2.45, 2.75) is 6.04 Å². The lowest BCUT2D eigenvalue weighted by molar-refractivity contribution is -0.140. The van der Waals surface area contributed by atoms with E-state index in [4.69, 9.17) is 9.47 Å².